The molecule has 0 saturated carbocycles. The number of hydrogen-bond acceptors (Lipinski definition) is 7. The second-order valence-corrected chi connectivity index (χ2v) is 8.14. The number of carbonyl (C=O) groups excluding carboxylic acids is 1. The van der Waals surface area contributed by atoms with E-state index in [1.165, 1.54) is 7.11 Å². The van der Waals surface area contributed by atoms with Crippen LogP contribution in [0.15, 0.2) is 83.0 Å². The molecule has 36 heavy (non-hydrogen) atoms. The molecule has 4 aromatic rings. The van der Waals surface area contributed by atoms with Crippen LogP contribution < -0.4 is 19.7 Å². The SMILES string of the molecule is COc1cccc(-c2noc(C3=C(C)N(c4ccccc4)C(=O)NC3c3ccc(OC)c(O)c3)n2)c1. The molecule has 0 saturated heterocycles. The first-order valence-corrected chi connectivity index (χ1v) is 11.2. The molecule has 3 aromatic carbocycles. The number of para-hydroxylation sites is 1. The van der Waals surface area contributed by atoms with Crippen LogP contribution in [-0.4, -0.2) is 35.5 Å². The number of aromatic hydroxyl groups is 1. The van der Waals surface area contributed by atoms with Crippen molar-refractivity contribution in [3.05, 3.63) is 89.9 Å². The van der Waals surface area contributed by atoms with Crippen LogP contribution in [0.2, 0.25) is 0 Å². The maximum absolute atomic E-state index is 13.3. The lowest BCUT2D eigenvalue weighted by atomic mass is 9.94. The third-order valence-electron chi connectivity index (χ3n) is 6.02. The lowest BCUT2D eigenvalue weighted by molar-refractivity contribution is 0.244. The summed E-state index contributed by atoms with van der Waals surface area (Å²) in [5.74, 6) is 1.57. The second kappa shape index (κ2) is 9.46. The van der Waals surface area contributed by atoms with Gasteiger partial charge in [0.05, 0.1) is 31.5 Å². The highest BCUT2D eigenvalue weighted by Gasteiger charge is 2.36. The van der Waals surface area contributed by atoms with Crippen LogP contribution in [0, 0.1) is 0 Å². The Labute approximate surface area is 207 Å². The molecule has 1 aliphatic heterocycles. The highest BCUT2D eigenvalue weighted by Crippen LogP contribution is 2.41. The van der Waals surface area contributed by atoms with Crippen molar-refractivity contribution in [2.45, 2.75) is 13.0 Å². The number of ether oxygens (including phenoxy) is 2. The van der Waals surface area contributed by atoms with Gasteiger partial charge in [0, 0.05) is 11.3 Å². The molecule has 182 valence electrons. The number of carbonyl (C=O) groups is 1. The fourth-order valence-electron chi connectivity index (χ4n) is 4.26. The van der Waals surface area contributed by atoms with Crippen LogP contribution in [0.1, 0.15) is 24.4 Å². The van der Waals surface area contributed by atoms with Gasteiger partial charge in [-0.2, -0.15) is 4.98 Å². The van der Waals surface area contributed by atoms with Crippen LogP contribution in [0.3, 0.4) is 0 Å². The predicted molar refractivity (Wildman–Crippen MR) is 134 cm³/mol. The third-order valence-corrected chi connectivity index (χ3v) is 6.02. The average molecular weight is 485 g/mol. The molecule has 0 spiro atoms. The Hall–Kier alpha value is -4.79. The molecule has 2 heterocycles. The Morgan fingerprint density at radius 2 is 1.81 bits per heavy atom. The summed E-state index contributed by atoms with van der Waals surface area (Å²) < 4.78 is 16.2. The van der Waals surface area contributed by atoms with Gasteiger partial charge in [0.15, 0.2) is 11.5 Å². The van der Waals surface area contributed by atoms with Crippen molar-refractivity contribution in [2.75, 3.05) is 19.1 Å². The lowest BCUT2D eigenvalue weighted by Gasteiger charge is -2.35. The minimum Gasteiger partial charge on any atom is -0.504 e. The summed E-state index contributed by atoms with van der Waals surface area (Å²) in [6, 6.07) is 20.6. The molecule has 1 aromatic heterocycles. The highest BCUT2D eigenvalue weighted by atomic mass is 16.5. The number of phenols is 1. The van der Waals surface area contributed by atoms with E-state index in [4.69, 9.17) is 14.0 Å². The summed E-state index contributed by atoms with van der Waals surface area (Å²) in [6.45, 7) is 1.83. The molecule has 5 rings (SSSR count). The van der Waals surface area contributed by atoms with Crippen molar-refractivity contribution >= 4 is 17.3 Å². The van der Waals surface area contributed by atoms with Gasteiger partial charge in [-0.25, -0.2) is 4.79 Å². The normalized spacial score (nSPS) is 15.6. The molecule has 0 aliphatic carbocycles. The summed E-state index contributed by atoms with van der Waals surface area (Å²) in [5, 5.41) is 17.6. The minimum absolute atomic E-state index is 0.0469. The molecule has 1 aliphatic rings. The van der Waals surface area contributed by atoms with E-state index in [9.17, 15) is 9.90 Å². The van der Waals surface area contributed by atoms with Crippen LogP contribution >= 0.6 is 0 Å². The Morgan fingerprint density at radius 3 is 2.53 bits per heavy atom. The topological polar surface area (TPSA) is 110 Å². The molecule has 0 radical (unpaired) electrons. The number of amides is 2. The fourth-order valence-corrected chi connectivity index (χ4v) is 4.26. The van der Waals surface area contributed by atoms with Gasteiger partial charge in [0.2, 0.25) is 5.82 Å². The van der Waals surface area contributed by atoms with Gasteiger partial charge in [0.1, 0.15) is 5.75 Å². The molecule has 1 atom stereocenters. The summed E-state index contributed by atoms with van der Waals surface area (Å²) in [5.41, 5.74) is 3.26. The van der Waals surface area contributed by atoms with Crippen LogP contribution in [0.4, 0.5) is 10.5 Å². The number of methoxy groups -OCH3 is 2. The molecular formula is C27H24N4O5. The molecule has 9 heteroatoms. The van der Waals surface area contributed by atoms with Crippen molar-refractivity contribution in [3.63, 3.8) is 0 Å². The number of nitrogens with zero attached hydrogens (tertiary/aromatic N) is 3. The molecule has 2 N–H and O–H groups in total. The first kappa shape index (κ1) is 23.0. The Morgan fingerprint density at radius 1 is 1.00 bits per heavy atom. The number of allylic oxidation sites excluding steroid dienone is 1. The van der Waals surface area contributed by atoms with Gasteiger partial charge in [-0.1, -0.05) is 41.6 Å². The highest BCUT2D eigenvalue weighted by molar-refractivity contribution is 6.01. The Bertz CT molecular complexity index is 1450. The number of benzene rings is 3. The standard InChI is InChI=1S/C27H24N4O5/c1-16-23(26-29-25(30-36-26)18-8-7-11-20(14-18)34-2)24(17-12-13-22(35-3)21(32)15-17)28-27(33)31(16)19-9-5-4-6-10-19/h4-15,24,32H,1-3H3,(H,28,33). The van der Waals surface area contributed by atoms with Crippen LogP contribution in [-0.2, 0) is 0 Å². The average Bonchev–Trinajstić information content (AvgIpc) is 3.39. The third kappa shape index (κ3) is 4.11. The van der Waals surface area contributed by atoms with E-state index in [0.717, 1.165) is 5.56 Å². The van der Waals surface area contributed by atoms with E-state index in [-0.39, 0.29) is 17.7 Å². The van der Waals surface area contributed by atoms with E-state index in [1.54, 1.807) is 30.2 Å². The van der Waals surface area contributed by atoms with Crippen molar-refractivity contribution in [3.8, 4) is 28.6 Å². The summed E-state index contributed by atoms with van der Waals surface area (Å²) in [7, 11) is 3.07. The van der Waals surface area contributed by atoms with Gasteiger partial charge in [-0.3, -0.25) is 4.90 Å². The number of nitrogens with one attached hydrogen (secondary N) is 1. The molecule has 2 amide bonds. The number of rotatable bonds is 6. The van der Waals surface area contributed by atoms with E-state index in [1.807, 2.05) is 61.5 Å². The van der Waals surface area contributed by atoms with E-state index in [2.05, 4.69) is 15.5 Å². The molecule has 0 fully saturated rings. The quantitative estimate of drug-likeness (QED) is 0.389. The first-order valence-electron chi connectivity index (χ1n) is 11.2. The number of urea groups is 1. The zero-order chi connectivity index (χ0) is 25.2. The molecule has 9 nitrogen and oxygen atoms in total. The maximum Gasteiger partial charge on any atom is 0.326 e. The second-order valence-electron chi connectivity index (χ2n) is 8.14. The van der Waals surface area contributed by atoms with Crippen molar-refractivity contribution in [1.29, 1.82) is 0 Å². The molecule has 1 unspecified atom stereocenters. The number of aromatic nitrogens is 2. The number of anilines is 1. The lowest BCUT2D eigenvalue weighted by Crippen LogP contribution is -2.46. The number of hydrogen-bond donors (Lipinski definition) is 2. The van der Waals surface area contributed by atoms with Gasteiger partial charge >= 0.3 is 6.03 Å². The van der Waals surface area contributed by atoms with E-state index in [0.29, 0.717) is 39.8 Å². The Balaban J connectivity index is 1.65. The molecular weight excluding hydrogens is 460 g/mol. The van der Waals surface area contributed by atoms with Gasteiger partial charge in [-0.15, -0.1) is 0 Å². The minimum atomic E-state index is -0.659. The van der Waals surface area contributed by atoms with Gasteiger partial charge in [0.25, 0.3) is 5.89 Å². The van der Waals surface area contributed by atoms with Crippen molar-refractivity contribution < 1.29 is 23.9 Å². The van der Waals surface area contributed by atoms with Crippen LogP contribution in [0.25, 0.3) is 17.0 Å². The zero-order valence-corrected chi connectivity index (χ0v) is 19.9. The fraction of sp³-hybridized carbons (Fsp3) is 0.148. The number of phenolic OH excluding ortho intramolecular Hbond substituents is 1. The van der Waals surface area contributed by atoms with Gasteiger partial charge in [-0.05, 0) is 48.9 Å². The largest absolute Gasteiger partial charge is 0.504 e. The smallest absolute Gasteiger partial charge is 0.326 e. The first-order chi connectivity index (χ1) is 17.5. The van der Waals surface area contributed by atoms with E-state index < -0.39 is 6.04 Å². The Kier molecular flexibility index (Phi) is 6.03. The summed E-state index contributed by atoms with van der Waals surface area (Å²) >= 11 is 0. The monoisotopic (exact) mass is 484 g/mol. The molecule has 0 bridgehead atoms. The van der Waals surface area contributed by atoms with Crippen molar-refractivity contribution in [1.82, 2.24) is 15.5 Å². The summed E-state index contributed by atoms with van der Waals surface area (Å²) in [6.07, 6.45) is 0. The predicted octanol–water partition coefficient (Wildman–Crippen LogP) is 5.16. The van der Waals surface area contributed by atoms with Crippen LogP contribution in [0.5, 0.6) is 17.2 Å². The van der Waals surface area contributed by atoms with Crippen molar-refractivity contribution in [2.24, 2.45) is 0 Å². The van der Waals surface area contributed by atoms with E-state index >= 15 is 0 Å². The van der Waals surface area contributed by atoms with Gasteiger partial charge < -0.3 is 24.4 Å². The zero-order valence-electron chi connectivity index (χ0n) is 19.9. The maximum atomic E-state index is 13.3. The summed E-state index contributed by atoms with van der Waals surface area (Å²) in [4.78, 5) is 19.5.